The van der Waals surface area contributed by atoms with Crippen LogP contribution in [0.4, 0.5) is 9.18 Å². The molecule has 2 saturated heterocycles. The van der Waals surface area contributed by atoms with E-state index in [1.165, 1.54) is 4.90 Å². The molecule has 1 radical (unpaired) electrons. The fourth-order valence-electron chi connectivity index (χ4n) is 4.01. The molecule has 0 aliphatic carbocycles. The van der Waals surface area contributed by atoms with Crippen LogP contribution in [0.25, 0.3) is 0 Å². The maximum atomic E-state index is 14.0. The van der Waals surface area contributed by atoms with Gasteiger partial charge in [-0.2, -0.15) is 0 Å². The normalized spacial score (nSPS) is 24.4. The molecule has 0 spiro atoms. The van der Waals surface area contributed by atoms with E-state index in [-0.39, 0.29) is 44.3 Å². The molecule has 2 unspecified atom stereocenters. The van der Waals surface area contributed by atoms with Gasteiger partial charge >= 0.3 is 212 Å². The van der Waals surface area contributed by atoms with Crippen molar-refractivity contribution in [3.8, 4) is 0 Å². The molecule has 3 heterocycles. The molecule has 4 amide bonds. The Morgan fingerprint density at radius 2 is 1.53 bits per heavy atom. The number of halogens is 1. The molecular weight excluding hydrogens is 561 g/mol. The van der Waals surface area contributed by atoms with Crippen LogP contribution in [0.2, 0.25) is 0 Å². The number of fused-ring (bicyclic) bond motifs is 6. The summed E-state index contributed by atoms with van der Waals surface area (Å²) in [7, 11) is 1.55. The topological polar surface area (TPSA) is 144 Å². The molecule has 0 saturated carbocycles. The van der Waals surface area contributed by atoms with Gasteiger partial charge in [0, 0.05) is 0 Å². The Morgan fingerprint density at radius 1 is 0.974 bits per heavy atom. The first-order valence-corrected chi connectivity index (χ1v) is 14.1. The minimum Gasteiger partial charge on any atom is -0.203 e. The van der Waals surface area contributed by atoms with Crippen LogP contribution in [0.3, 0.4) is 0 Å². The van der Waals surface area contributed by atoms with Crippen LogP contribution in [0.15, 0.2) is 24.3 Å². The standard InChI is InChI=1S/C22H34FN7O7.Ga/c1-16-17(23)11-30(22(37)25-16)13-19(32)29-9-7-27(14-20(33)34)5-3-26(12-18(31)24-2)4-6-28(8-10-29)15-21(35)36;/h11H,1,3-10,12-15H2,2H3,(H,24,31)(H,25,37)(H,33,34)(H,35,36);/q;+2/p-2/i;1-2. The molecule has 2 N–H and O–H groups in total. The third kappa shape index (κ3) is 9.12. The van der Waals surface area contributed by atoms with Gasteiger partial charge in [-0.05, 0) is 0 Å². The molecule has 2 bridgehead atoms. The zero-order chi connectivity index (χ0) is 27.7. The average molecular weight is 593 g/mol. The van der Waals surface area contributed by atoms with Gasteiger partial charge in [0.2, 0.25) is 0 Å². The van der Waals surface area contributed by atoms with Gasteiger partial charge in [-0.25, -0.2) is 4.39 Å². The maximum absolute atomic E-state index is 14.0. The Hall–Kier alpha value is -2.92. The molecule has 3 aliphatic heterocycles. The number of allylic oxidation sites excluding steroid dienone is 1. The van der Waals surface area contributed by atoms with Crippen LogP contribution in [0.1, 0.15) is 0 Å². The van der Waals surface area contributed by atoms with E-state index in [4.69, 9.17) is 7.06 Å². The zero-order valence-corrected chi connectivity index (χ0v) is 23.7. The molecule has 3 rings (SSSR count). The fraction of sp³-hybridized carbons (Fsp3) is 0.591. The number of amides is 4. The first kappa shape index (κ1) is 29.6. The van der Waals surface area contributed by atoms with E-state index in [2.05, 4.69) is 17.2 Å². The van der Waals surface area contributed by atoms with Crippen molar-refractivity contribution in [3.05, 3.63) is 24.3 Å². The summed E-state index contributed by atoms with van der Waals surface area (Å²) in [6, 6.07) is -0.670. The van der Waals surface area contributed by atoms with E-state index in [1.807, 2.05) is 4.90 Å². The molecule has 3 aliphatic rings. The SMILES string of the molecule is C=C1NC(=O)N(CC(=O)N2CCN3CCN(CC(=O)NC)CCN(CC2)CC(=O)[O][68Ga][O]C(=O)C3)C=C1F. The summed E-state index contributed by atoms with van der Waals surface area (Å²) in [5.41, 5.74) is -0.176. The van der Waals surface area contributed by atoms with Crippen LogP contribution in [-0.4, -0.2) is 158 Å². The molecule has 14 nitrogen and oxygen atoms in total. The van der Waals surface area contributed by atoms with Crippen molar-refractivity contribution in [2.45, 2.75) is 0 Å². The van der Waals surface area contributed by atoms with Gasteiger partial charge in [0.05, 0.1) is 5.70 Å². The molecule has 2 atom stereocenters. The number of carbonyl (C=O) groups excluding carboxylic acids is 5. The van der Waals surface area contributed by atoms with Crippen molar-refractivity contribution in [2.24, 2.45) is 0 Å². The van der Waals surface area contributed by atoms with Crippen molar-refractivity contribution < 1.29 is 35.4 Å². The van der Waals surface area contributed by atoms with Gasteiger partial charge in [0.15, 0.2) is 0 Å². The third-order valence-electron chi connectivity index (χ3n) is 6.28. The van der Waals surface area contributed by atoms with E-state index in [0.29, 0.717) is 39.3 Å². The third-order valence-corrected chi connectivity index (χ3v) is 7.79. The van der Waals surface area contributed by atoms with Crippen LogP contribution < -0.4 is 10.6 Å². The molecule has 0 aromatic rings. The number of urea groups is 1. The number of likely N-dealkylation sites (N-methyl/N-ethyl adjacent to an activating group) is 1. The molecule has 2 fully saturated rings. The van der Waals surface area contributed by atoms with Crippen molar-refractivity contribution in [1.29, 1.82) is 0 Å². The van der Waals surface area contributed by atoms with Gasteiger partial charge in [0.1, 0.15) is 0 Å². The van der Waals surface area contributed by atoms with Crippen LogP contribution in [0.5, 0.6) is 0 Å². The van der Waals surface area contributed by atoms with E-state index in [1.54, 1.807) is 16.8 Å². The minimum absolute atomic E-state index is 0.0819. The van der Waals surface area contributed by atoms with Crippen molar-refractivity contribution >= 4 is 47.9 Å². The predicted molar refractivity (Wildman–Crippen MR) is 131 cm³/mol. The number of hydrogen-bond acceptors (Lipinski definition) is 10. The predicted octanol–water partition coefficient (Wildman–Crippen LogP) is -2.54. The second-order valence-electron chi connectivity index (χ2n) is 8.97. The summed E-state index contributed by atoms with van der Waals surface area (Å²) < 4.78 is 24.3. The molecular formula is C22H32FGaN7O7. The fourth-order valence-corrected chi connectivity index (χ4v) is 4.88. The summed E-state index contributed by atoms with van der Waals surface area (Å²) in [4.78, 5) is 70.3. The van der Waals surface area contributed by atoms with Gasteiger partial charge < -0.3 is 0 Å². The van der Waals surface area contributed by atoms with Crippen LogP contribution in [0, 0.1) is 0 Å². The first-order valence-electron chi connectivity index (χ1n) is 12.1. The number of carbonyl (C=O) groups is 5. The Balaban J connectivity index is 1.81. The van der Waals surface area contributed by atoms with E-state index in [0.717, 1.165) is 11.1 Å². The molecule has 0 aromatic carbocycles. The number of nitrogens with one attached hydrogen (secondary N) is 2. The number of nitrogens with zero attached hydrogens (tertiary/aromatic N) is 5. The second-order valence-corrected chi connectivity index (χ2v) is 10.4. The van der Waals surface area contributed by atoms with Crippen molar-refractivity contribution in [3.63, 3.8) is 0 Å². The monoisotopic (exact) mass is 593 g/mol. The quantitative estimate of drug-likeness (QED) is 0.265. The van der Waals surface area contributed by atoms with E-state index in [9.17, 15) is 28.4 Å². The minimum atomic E-state index is -1.99. The molecule has 16 heteroatoms. The van der Waals surface area contributed by atoms with Gasteiger partial charge in [0.25, 0.3) is 0 Å². The van der Waals surface area contributed by atoms with E-state index >= 15 is 0 Å². The summed E-state index contributed by atoms with van der Waals surface area (Å²) in [6.45, 7) is 5.81. The van der Waals surface area contributed by atoms with E-state index < -0.39 is 54.4 Å². The van der Waals surface area contributed by atoms with Gasteiger partial charge in [-0.1, -0.05) is 6.58 Å². The molecule has 38 heavy (non-hydrogen) atoms. The first-order chi connectivity index (χ1) is 18.1. The summed E-state index contributed by atoms with van der Waals surface area (Å²) >= 11 is -1.99. The van der Waals surface area contributed by atoms with Gasteiger partial charge in [-0.3, -0.25) is 0 Å². The summed E-state index contributed by atoms with van der Waals surface area (Å²) in [5.74, 6) is -2.41. The second kappa shape index (κ2) is 14.3. The van der Waals surface area contributed by atoms with Crippen LogP contribution in [-0.2, 0) is 26.2 Å². The number of rotatable bonds is 4. The van der Waals surface area contributed by atoms with Crippen molar-refractivity contribution in [2.75, 3.05) is 85.6 Å². The van der Waals surface area contributed by atoms with Gasteiger partial charge in [-0.15, -0.1) is 0 Å². The Labute approximate surface area is 228 Å². The summed E-state index contributed by atoms with van der Waals surface area (Å²) in [6.07, 6.45) is 0.928. The van der Waals surface area contributed by atoms with Crippen LogP contribution >= 0.6 is 0 Å². The number of hydrogen-bond donors (Lipinski definition) is 2. The van der Waals surface area contributed by atoms with Crippen molar-refractivity contribution in [1.82, 2.24) is 35.1 Å². The molecule has 207 valence electrons. The Kier molecular flexibility index (Phi) is 11.1. The summed E-state index contributed by atoms with van der Waals surface area (Å²) in [5, 5.41) is 4.87. The Bertz CT molecular complexity index is 948. The Morgan fingerprint density at radius 3 is 2.08 bits per heavy atom. The zero-order valence-electron chi connectivity index (χ0n) is 21.3. The smallest absolute Gasteiger partial charge is 0.203 e. The average Bonchev–Trinajstić information content (AvgIpc) is 2.86. The molecule has 0 aromatic heterocycles.